The number of benzene rings is 3. The van der Waals surface area contributed by atoms with E-state index in [1.165, 1.54) is 24.1 Å². The molecular weight excluding hydrogens is 516 g/mol. The number of hydrazine groups is 1. The van der Waals surface area contributed by atoms with Crippen LogP contribution in [-0.4, -0.2) is 48.1 Å². The molecule has 3 amide bonds. The van der Waals surface area contributed by atoms with Crippen LogP contribution in [0.4, 0.5) is 11.4 Å². The summed E-state index contributed by atoms with van der Waals surface area (Å²) in [4.78, 5) is 40.8. The topological polar surface area (TPSA) is 100 Å². The number of rotatable bonds is 8. The van der Waals surface area contributed by atoms with E-state index in [1.54, 1.807) is 72.8 Å². The minimum atomic E-state index is -1.10. The Labute approximate surface area is 223 Å². The Hall–Kier alpha value is -4.15. The van der Waals surface area contributed by atoms with E-state index in [-0.39, 0.29) is 11.5 Å². The zero-order valence-electron chi connectivity index (χ0n) is 19.9. The van der Waals surface area contributed by atoms with Crippen LogP contribution in [0, 0.1) is 0 Å². The predicted molar refractivity (Wildman–Crippen MR) is 144 cm³/mol. The molecule has 0 aromatic heterocycles. The summed E-state index contributed by atoms with van der Waals surface area (Å²) in [6, 6.07) is 18.8. The quantitative estimate of drug-likeness (QED) is 0.418. The zero-order chi connectivity index (χ0) is 26.5. The van der Waals surface area contributed by atoms with Gasteiger partial charge in [0.25, 0.3) is 11.8 Å². The number of amides is 3. The molecule has 11 heteroatoms. The second kappa shape index (κ2) is 11.3. The van der Waals surface area contributed by atoms with Crippen molar-refractivity contribution in [3.05, 3.63) is 83.4 Å². The molecule has 1 atom stereocenters. The van der Waals surface area contributed by atoms with Gasteiger partial charge in [0.2, 0.25) is 11.0 Å². The van der Waals surface area contributed by atoms with Crippen LogP contribution in [0.25, 0.3) is 0 Å². The van der Waals surface area contributed by atoms with Crippen LogP contribution in [0.15, 0.2) is 72.8 Å². The molecule has 37 heavy (non-hydrogen) atoms. The lowest BCUT2D eigenvalue weighted by Gasteiger charge is -2.24. The van der Waals surface area contributed by atoms with Gasteiger partial charge in [-0.05, 0) is 72.9 Å². The highest BCUT2D eigenvalue weighted by atomic mass is 35.5. The van der Waals surface area contributed by atoms with Gasteiger partial charge >= 0.3 is 0 Å². The number of halogens is 1. The number of nitrogens with zero attached hydrogens (tertiary/aromatic N) is 2. The molecule has 1 heterocycles. The monoisotopic (exact) mass is 538 g/mol. The van der Waals surface area contributed by atoms with E-state index in [2.05, 4.69) is 10.7 Å². The molecule has 0 bridgehead atoms. The maximum absolute atomic E-state index is 13.5. The van der Waals surface area contributed by atoms with Crippen molar-refractivity contribution in [2.75, 3.05) is 24.4 Å². The Morgan fingerprint density at radius 3 is 2.30 bits per heavy atom. The molecule has 0 radical (unpaired) electrons. The van der Waals surface area contributed by atoms with Crippen molar-refractivity contribution in [3.63, 3.8) is 0 Å². The average molecular weight is 539 g/mol. The van der Waals surface area contributed by atoms with E-state index in [1.807, 2.05) is 0 Å². The van der Waals surface area contributed by atoms with Crippen LogP contribution >= 0.6 is 23.8 Å². The number of methoxy groups -OCH3 is 2. The molecule has 3 aromatic carbocycles. The molecule has 190 valence electrons. The number of thiocarbonyl (C=S) groups is 1. The van der Waals surface area contributed by atoms with Crippen molar-refractivity contribution in [2.45, 2.75) is 12.5 Å². The summed E-state index contributed by atoms with van der Waals surface area (Å²) < 4.78 is 10.5. The van der Waals surface area contributed by atoms with Crippen molar-refractivity contribution >= 4 is 58.0 Å². The van der Waals surface area contributed by atoms with Crippen molar-refractivity contribution < 1.29 is 23.9 Å². The van der Waals surface area contributed by atoms with Gasteiger partial charge in [-0.25, -0.2) is 5.01 Å². The number of carbonyl (C=O) groups is 3. The molecule has 2 N–H and O–H groups in total. The highest BCUT2D eigenvalue weighted by Gasteiger charge is 2.45. The Kier molecular flexibility index (Phi) is 7.90. The van der Waals surface area contributed by atoms with Crippen LogP contribution in [0.1, 0.15) is 16.8 Å². The molecular formula is C26H23ClN4O5S. The first-order chi connectivity index (χ1) is 17.8. The molecule has 1 saturated heterocycles. The van der Waals surface area contributed by atoms with E-state index in [0.717, 1.165) is 0 Å². The SMILES string of the molecule is COc1ccc(N2C(=O)C(CC(=O)Nc3ccccc3OC)N(NC(=O)c3ccc(Cl)cc3)C2=S)cc1. The van der Waals surface area contributed by atoms with Gasteiger partial charge in [0, 0.05) is 10.6 Å². The third-order valence-corrected chi connectivity index (χ3v) is 6.26. The number of nitrogens with one attached hydrogen (secondary N) is 2. The summed E-state index contributed by atoms with van der Waals surface area (Å²) in [7, 11) is 3.02. The number of para-hydroxylation sites is 2. The Bertz CT molecular complexity index is 1330. The molecule has 1 fully saturated rings. The van der Waals surface area contributed by atoms with Crippen LogP contribution in [0.3, 0.4) is 0 Å². The van der Waals surface area contributed by atoms with Crippen LogP contribution in [0.2, 0.25) is 5.02 Å². The molecule has 1 aliphatic heterocycles. The number of hydrogen-bond donors (Lipinski definition) is 2. The molecule has 9 nitrogen and oxygen atoms in total. The summed E-state index contributed by atoms with van der Waals surface area (Å²) in [5.74, 6) is -0.382. The average Bonchev–Trinajstić information content (AvgIpc) is 3.13. The lowest BCUT2D eigenvalue weighted by molar-refractivity contribution is -0.124. The Morgan fingerprint density at radius 2 is 1.65 bits per heavy atom. The number of hydrogen-bond acceptors (Lipinski definition) is 6. The number of anilines is 2. The highest BCUT2D eigenvalue weighted by Crippen LogP contribution is 2.29. The first kappa shape index (κ1) is 25.9. The second-order valence-corrected chi connectivity index (χ2v) is 8.74. The minimum absolute atomic E-state index is 0.0209. The van der Waals surface area contributed by atoms with E-state index < -0.39 is 23.8 Å². The fourth-order valence-corrected chi connectivity index (χ4v) is 4.26. The molecule has 0 saturated carbocycles. The molecule has 0 aliphatic carbocycles. The predicted octanol–water partition coefficient (Wildman–Crippen LogP) is 4.03. The molecule has 4 rings (SSSR count). The van der Waals surface area contributed by atoms with Gasteiger partial charge < -0.3 is 14.8 Å². The van der Waals surface area contributed by atoms with Crippen LogP contribution < -0.4 is 25.1 Å². The van der Waals surface area contributed by atoms with Gasteiger partial charge in [-0.1, -0.05) is 23.7 Å². The standard InChI is InChI=1S/C26H23ClN4O5S/c1-35-19-13-11-18(12-14-19)30-25(34)21(15-23(32)28-20-5-3-4-6-22(20)36-2)31(26(30)37)29-24(33)16-7-9-17(27)10-8-16/h3-14,21H,15H2,1-2H3,(H,28,32)(H,29,33). The Balaban J connectivity index is 1.61. The number of carbonyl (C=O) groups excluding carboxylic acids is 3. The summed E-state index contributed by atoms with van der Waals surface area (Å²) in [6.45, 7) is 0. The van der Waals surface area contributed by atoms with Gasteiger partial charge in [-0.3, -0.25) is 24.7 Å². The van der Waals surface area contributed by atoms with Crippen LogP contribution in [-0.2, 0) is 9.59 Å². The number of ether oxygens (including phenoxy) is 2. The Morgan fingerprint density at radius 1 is 0.973 bits per heavy atom. The zero-order valence-corrected chi connectivity index (χ0v) is 21.5. The van der Waals surface area contributed by atoms with Gasteiger partial charge in [0.1, 0.15) is 17.5 Å². The van der Waals surface area contributed by atoms with Crippen molar-refractivity contribution in [1.82, 2.24) is 10.4 Å². The van der Waals surface area contributed by atoms with E-state index in [4.69, 9.17) is 33.3 Å². The molecule has 3 aromatic rings. The van der Waals surface area contributed by atoms with Crippen LogP contribution in [0.5, 0.6) is 11.5 Å². The van der Waals surface area contributed by atoms with E-state index >= 15 is 0 Å². The summed E-state index contributed by atoms with van der Waals surface area (Å²) in [6.07, 6.45) is -0.287. The van der Waals surface area contributed by atoms with Crippen molar-refractivity contribution in [1.29, 1.82) is 0 Å². The molecule has 0 spiro atoms. The van der Waals surface area contributed by atoms with Gasteiger partial charge in [0.15, 0.2) is 0 Å². The maximum Gasteiger partial charge on any atom is 0.269 e. The molecule has 1 unspecified atom stereocenters. The fraction of sp³-hybridized carbons (Fsp3) is 0.154. The largest absolute Gasteiger partial charge is 0.497 e. The smallest absolute Gasteiger partial charge is 0.269 e. The summed E-state index contributed by atoms with van der Waals surface area (Å²) >= 11 is 11.5. The fourth-order valence-electron chi connectivity index (χ4n) is 3.77. The van der Waals surface area contributed by atoms with Gasteiger partial charge in [-0.15, -0.1) is 0 Å². The van der Waals surface area contributed by atoms with Gasteiger partial charge in [-0.2, -0.15) is 0 Å². The lowest BCUT2D eigenvalue weighted by Crippen LogP contribution is -2.49. The third-order valence-electron chi connectivity index (χ3n) is 5.63. The lowest BCUT2D eigenvalue weighted by atomic mass is 10.1. The normalized spacial score (nSPS) is 14.9. The van der Waals surface area contributed by atoms with Gasteiger partial charge in [0.05, 0.1) is 32.0 Å². The second-order valence-electron chi connectivity index (χ2n) is 7.94. The first-order valence-electron chi connectivity index (χ1n) is 11.1. The molecule has 1 aliphatic rings. The maximum atomic E-state index is 13.5. The highest BCUT2D eigenvalue weighted by molar-refractivity contribution is 7.80. The summed E-state index contributed by atoms with van der Waals surface area (Å²) in [5.41, 5.74) is 3.90. The van der Waals surface area contributed by atoms with Crippen molar-refractivity contribution in [3.8, 4) is 11.5 Å². The first-order valence-corrected chi connectivity index (χ1v) is 11.9. The summed E-state index contributed by atoms with van der Waals surface area (Å²) in [5, 5.41) is 4.49. The van der Waals surface area contributed by atoms with E-state index in [0.29, 0.717) is 33.5 Å². The van der Waals surface area contributed by atoms with Crippen molar-refractivity contribution in [2.24, 2.45) is 0 Å². The minimum Gasteiger partial charge on any atom is -0.497 e. The third kappa shape index (κ3) is 5.65. The van der Waals surface area contributed by atoms with E-state index in [9.17, 15) is 14.4 Å².